The topological polar surface area (TPSA) is 103 Å². The van der Waals surface area contributed by atoms with Gasteiger partial charge in [0.05, 0.1) is 11.3 Å². The largest absolute Gasteiger partial charge is 0.443 e. The summed E-state index contributed by atoms with van der Waals surface area (Å²) in [6, 6.07) is 0. The van der Waals surface area contributed by atoms with E-state index in [2.05, 4.69) is 9.97 Å². The van der Waals surface area contributed by atoms with Crippen LogP contribution in [0.5, 0.6) is 0 Å². The van der Waals surface area contributed by atoms with Crippen LogP contribution in [0.4, 0.5) is 16.3 Å². The number of hydrogen-bond acceptors (Lipinski definition) is 6. The second kappa shape index (κ2) is 5.49. The molecule has 1 amide bonds. The average Bonchev–Trinajstić information content (AvgIpc) is 2.77. The molecule has 0 atom stereocenters. The Hall–Kier alpha value is -2.71. The molecule has 0 aliphatic carbocycles. The lowest BCUT2D eigenvalue weighted by atomic mass is 10.2. The molecule has 2 rings (SSSR count). The van der Waals surface area contributed by atoms with E-state index in [9.17, 15) is 14.9 Å². The number of anilines is 1. The Bertz CT molecular complexity index is 791. The van der Waals surface area contributed by atoms with Crippen LogP contribution in [0.25, 0.3) is 11.0 Å². The second-order valence-corrected chi connectivity index (χ2v) is 6.22. The van der Waals surface area contributed by atoms with Gasteiger partial charge in [-0.25, -0.2) is 14.8 Å². The van der Waals surface area contributed by atoms with E-state index in [-0.39, 0.29) is 22.7 Å². The van der Waals surface area contributed by atoms with Crippen molar-refractivity contribution in [2.45, 2.75) is 33.3 Å². The zero-order chi connectivity index (χ0) is 17.5. The maximum atomic E-state index is 12.2. The summed E-state index contributed by atoms with van der Waals surface area (Å²) in [5.41, 5.74) is 0.00799. The van der Waals surface area contributed by atoms with Crippen molar-refractivity contribution in [2.75, 3.05) is 11.9 Å². The van der Waals surface area contributed by atoms with Gasteiger partial charge in [-0.15, -0.1) is 0 Å². The number of aromatic nitrogens is 3. The predicted octanol–water partition coefficient (Wildman–Crippen LogP) is 2.56. The van der Waals surface area contributed by atoms with Crippen LogP contribution >= 0.6 is 0 Å². The van der Waals surface area contributed by atoms with Gasteiger partial charge < -0.3 is 9.30 Å². The van der Waals surface area contributed by atoms with Crippen molar-refractivity contribution >= 4 is 28.6 Å². The zero-order valence-electron chi connectivity index (χ0n) is 13.9. The van der Waals surface area contributed by atoms with Crippen molar-refractivity contribution in [3.05, 3.63) is 22.1 Å². The summed E-state index contributed by atoms with van der Waals surface area (Å²) < 4.78 is 6.84. The number of fused-ring (bicyclic) bond motifs is 1. The summed E-state index contributed by atoms with van der Waals surface area (Å²) >= 11 is 0. The first-order valence-corrected chi connectivity index (χ1v) is 6.95. The number of carbonyl (C=O) groups is 1. The van der Waals surface area contributed by atoms with Gasteiger partial charge in [-0.3, -0.25) is 15.0 Å². The highest BCUT2D eigenvalue weighted by atomic mass is 16.6. The van der Waals surface area contributed by atoms with E-state index in [1.54, 1.807) is 27.8 Å². The number of aryl methyl sites for hydroxylation is 2. The molecule has 0 radical (unpaired) electrons. The van der Waals surface area contributed by atoms with Gasteiger partial charge in [-0.05, 0) is 27.7 Å². The Kier molecular flexibility index (Phi) is 3.97. The Balaban J connectivity index is 2.61. The molecule has 0 N–H and O–H groups in total. The van der Waals surface area contributed by atoms with Gasteiger partial charge in [0.2, 0.25) is 0 Å². The van der Waals surface area contributed by atoms with Crippen LogP contribution in [0.2, 0.25) is 0 Å². The number of nitrogens with zero attached hydrogens (tertiary/aromatic N) is 5. The monoisotopic (exact) mass is 321 g/mol. The Morgan fingerprint density at radius 2 is 2.04 bits per heavy atom. The number of imidazole rings is 1. The third kappa shape index (κ3) is 3.08. The number of nitro groups is 1. The van der Waals surface area contributed by atoms with E-state index in [0.717, 1.165) is 0 Å². The van der Waals surface area contributed by atoms with Crippen molar-refractivity contribution in [1.82, 2.24) is 14.5 Å². The zero-order valence-corrected chi connectivity index (χ0v) is 13.9. The molecular formula is C14H19N5O4. The van der Waals surface area contributed by atoms with Gasteiger partial charge in [0.25, 0.3) is 0 Å². The first-order valence-electron chi connectivity index (χ1n) is 6.95. The SMILES string of the molecule is Cc1nc(N(C)C(=O)OC(C)(C)C)c2ncn(C)c2c1[N+](=O)[O-]. The van der Waals surface area contributed by atoms with E-state index >= 15 is 0 Å². The fraction of sp³-hybridized carbons (Fsp3) is 0.500. The summed E-state index contributed by atoms with van der Waals surface area (Å²) in [5, 5.41) is 11.3. The summed E-state index contributed by atoms with van der Waals surface area (Å²) in [4.78, 5) is 32.6. The molecule has 0 saturated carbocycles. The van der Waals surface area contributed by atoms with Crippen molar-refractivity contribution in [2.24, 2.45) is 7.05 Å². The second-order valence-electron chi connectivity index (χ2n) is 6.22. The predicted molar refractivity (Wildman–Crippen MR) is 84.5 cm³/mol. The van der Waals surface area contributed by atoms with Crippen LogP contribution in [0, 0.1) is 17.0 Å². The quantitative estimate of drug-likeness (QED) is 0.622. The van der Waals surface area contributed by atoms with E-state index in [4.69, 9.17) is 4.74 Å². The van der Waals surface area contributed by atoms with Gasteiger partial charge in [-0.2, -0.15) is 0 Å². The van der Waals surface area contributed by atoms with Crippen molar-refractivity contribution in [3.8, 4) is 0 Å². The molecule has 9 nitrogen and oxygen atoms in total. The van der Waals surface area contributed by atoms with Crippen LogP contribution < -0.4 is 4.90 Å². The molecule has 0 saturated heterocycles. The molecule has 2 heterocycles. The molecule has 124 valence electrons. The Morgan fingerprint density at radius 3 is 2.57 bits per heavy atom. The molecule has 0 fully saturated rings. The highest BCUT2D eigenvalue weighted by Gasteiger charge is 2.29. The van der Waals surface area contributed by atoms with Crippen LogP contribution in [-0.4, -0.2) is 38.2 Å². The average molecular weight is 321 g/mol. The third-order valence-corrected chi connectivity index (χ3v) is 3.16. The summed E-state index contributed by atoms with van der Waals surface area (Å²) in [5.74, 6) is 0.220. The standard InChI is InChI=1S/C14H19N5O4/c1-8-10(19(21)22)11-9(15-7-17(11)5)12(16-8)18(6)13(20)23-14(2,3)4/h7H,1-6H3. The van der Waals surface area contributed by atoms with Gasteiger partial charge in [0.15, 0.2) is 11.3 Å². The van der Waals surface area contributed by atoms with Crippen molar-refractivity contribution < 1.29 is 14.5 Å². The highest BCUT2D eigenvalue weighted by molar-refractivity contribution is 6.00. The molecule has 0 aliphatic rings. The van der Waals surface area contributed by atoms with Crippen LogP contribution in [0.1, 0.15) is 26.5 Å². The van der Waals surface area contributed by atoms with Gasteiger partial charge in [-0.1, -0.05) is 0 Å². The Morgan fingerprint density at radius 1 is 1.43 bits per heavy atom. The molecule has 23 heavy (non-hydrogen) atoms. The lowest BCUT2D eigenvalue weighted by Crippen LogP contribution is -2.34. The molecule has 0 aliphatic heterocycles. The highest BCUT2D eigenvalue weighted by Crippen LogP contribution is 2.33. The van der Waals surface area contributed by atoms with Gasteiger partial charge in [0.1, 0.15) is 16.8 Å². The number of ether oxygens (including phenoxy) is 1. The molecule has 0 unspecified atom stereocenters. The minimum atomic E-state index is -0.662. The van der Waals surface area contributed by atoms with Crippen LogP contribution in [0.15, 0.2) is 6.33 Å². The molecular weight excluding hydrogens is 302 g/mol. The van der Waals surface area contributed by atoms with E-state index in [1.807, 2.05) is 0 Å². The van der Waals surface area contributed by atoms with E-state index in [0.29, 0.717) is 5.52 Å². The number of pyridine rings is 1. The number of hydrogen-bond donors (Lipinski definition) is 0. The minimum absolute atomic E-state index is 0.124. The fourth-order valence-corrected chi connectivity index (χ4v) is 2.18. The normalized spacial score (nSPS) is 11.6. The van der Waals surface area contributed by atoms with Crippen molar-refractivity contribution in [1.29, 1.82) is 0 Å². The number of rotatable bonds is 2. The fourth-order valence-electron chi connectivity index (χ4n) is 2.18. The molecule has 0 bridgehead atoms. The lowest BCUT2D eigenvalue weighted by molar-refractivity contribution is -0.384. The molecule has 9 heteroatoms. The molecule has 0 aromatic carbocycles. The van der Waals surface area contributed by atoms with E-state index < -0.39 is 16.6 Å². The lowest BCUT2D eigenvalue weighted by Gasteiger charge is -2.24. The van der Waals surface area contributed by atoms with Gasteiger partial charge in [0, 0.05) is 14.1 Å². The van der Waals surface area contributed by atoms with Crippen molar-refractivity contribution in [3.63, 3.8) is 0 Å². The van der Waals surface area contributed by atoms with Crippen LogP contribution in [0.3, 0.4) is 0 Å². The first-order chi connectivity index (χ1) is 10.5. The summed E-state index contributed by atoms with van der Waals surface area (Å²) in [6.07, 6.45) is 0.843. The van der Waals surface area contributed by atoms with Gasteiger partial charge >= 0.3 is 11.8 Å². The number of carbonyl (C=O) groups excluding carboxylic acids is 1. The number of amides is 1. The Labute approximate surface area is 133 Å². The molecule has 2 aromatic heterocycles. The maximum absolute atomic E-state index is 12.2. The van der Waals surface area contributed by atoms with E-state index in [1.165, 1.54) is 29.8 Å². The summed E-state index contributed by atoms with van der Waals surface area (Å²) in [7, 11) is 3.15. The summed E-state index contributed by atoms with van der Waals surface area (Å²) in [6.45, 7) is 6.79. The first kappa shape index (κ1) is 16.7. The third-order valence-electron chi connectivity index (χ3n) is 3.16. The maximum Gasteiger partial charge on any atom is 0.415 e. The van der Waals surface area contributed by atoms with Crippen LogP contribution in [-0.2, 0) is 11.8 Å². The smallest absolute Gasteiger partial charge is 0.415 e. The minimum Gasteiger partial charge on any atom is -0.443 e. The molecule has 2 aromatic rings. The molecule has 0 spiro atoms.